The Morgan fingerprint density at radius 3 is 2.92 bits per heavy atom. The molecule has 124 valence electrons. The third-order valence-corrected chi connectivity index (χ3v) is 4.00. The molecule has 0 bridgehead atoms. The predicted octanol–water partition coefficient (Wildman–Crippen LogP) is 2.09. The number of hydrogen-bond acceptors (Lipinski definition) is 7. The maximum atomic E-state index is 12.0. The molecule has 3 rings (SSSR count). The van der Waals surface area contributed by atoms with Crippen molar-refractivity contribution in [2.24, 2.45) is 7.05 Å². The van der Waals surface area contributed by atoms with E-state index in [1.807, 2.05) is 17.9 Å². The van der Waals surface area contributed by atoms with Crippen molar-refractivity contribution in [1.29, 1.82) is 0 Å². The Labute approximate surface area is 143 Å². The van der Waals surface area contributed by atoms with Gasteiger partial charge in [0, 0.05) is 31.5 Å². The molecule has 8 nitrogen and oxygen atoms in total. The zero-order valence-corrected chi connectivity index (χ0v) is 14.2. The summed E-state index contributed by atoms with van der Waals surface area (Å²) in [6.45, 7) is 2.72. The third kappa shape index (κ3) is 3.74. The smallest absolute Gasteiger partial charge is 0.259 e. The Balaban J connectivity index is 1.61. The molecule has 0 aliphatic carbocycles. The van der Waals surface area contributed by atoms with Gasteiger partial charge in [0.25, 0.3) is 5.91 Å². The number of nitrogens with zero attached hydrogens (tertiary/aromatic N) is 5. The second kappa shape index (κ2) is 7.18. The van der Waals surface area contributed by atoms with Crippen LogP contribution in [0.3, 0.4) is 0 Å². The molecule has 3 aromatic rings. The van der Waals surface area contributed by atoms with E-state index in [0.717, 1.165) is 17.7 Å². The molecule has 1 amide bonds. The highest BCUT2D eigenvalue weighted by Gasteiger charge is 2.09. The molecular weight excluding hydrogens is 326 g/mol. The Kier molecular flexibility index (Phi) is 4.80. The van der Waals surface area contributed by atoms with Gasteiger partial charge in [0.05, 0.1) is 11.3 Å². The van der Waals surface area contributed by atoms with Gasteiger partial charge in [-0.3, -0.25) is 14.8 Å². The van der Waals surface area contributed by atoms with Gasteiger partial charge in [0.2, 0.25) is 5.13 Å². The SMILES string of the molecule is CCc1nn(C)cc1CNc1ccc(C(=O)Nc2nncs2)cn1. The molecule has 3 aromatic heterocycles. The van der Waals surface area contributed by atoms with Crippen LogP contribution < -0.4 is 10.6 Å². The lowest BCUT2D eigenvalue weighted by atomic mass is 10.2. The van der Waals surface area contributed by atoms with Gasteiger partial charge in [-0.1, -0.05) is 18.3 Å². The van der Waals surface area contributed by atoms with Gasteiger partial charge in [-0.2, -0.15) is 5.10 Å². The summed E-state index contributed by atoms with van der Waals surface area (Å²) in [6, 6.07) is 3.49. The number of nitrogens with one attached hydrogen (secondary N) is 2. The number of pyridine rings is 1. The highest BCUT2D eigenvalue weighted by Crippen LogP contribution is 2.13. The first kappa shape index (κ1) is 16.1. The average molecular weight is 343 g/mol. The van der Waals surface area contributed by atoms with Crippen LogP contribution in [-0.2, 0) is 20.0 Å². The summed E-state index contributed by atoms with van der Waals surface area (Å²) in [6.07, 6.45) is 4.41. The van der Waals surface area contributed by atoms with Gasteiger partial charge in [-0.05, 0) is 18.6 Å². The molecule has 0 spiro atoms. The van der Waals surface area contributed by atoms with E-state index in [-0.39, 0.29) is 5.91 Å². The van der Waals surface area contributed by atoms with E-state index < -0.39 is 0 Å². The first-order valence-electron chi connectivity index (χ1n) is 7.44. The van der Waals surface area contributed by atoms with E-state index in [1.165, 1.54) is 17.5 Å². The molecule has 0 aromatic carbocycles. The molecule has 0 aliphatic rings. The van der Waals surface area contributed by atoms with Crippen LogP contribution in [0.1, 0.15) is 28.5 Å². The van der Waals surface area contributed by atoms with Crippen molar-refractivity contribution in [3.8, 4) is 0 Å². The Morgan fingerprint density at radius 1 is 1.38 bits per heavy atom. The normalized spacial score (nSPS) is 10.6. The van der Waals surface area contributed by atoms with E-state index in [4.69, 9.17) is 0 Å². The lowest BCUT2D eigenvalue weighted by Crippen LogP contribution is -2.12. The summed E-state index contributed by atoms with van der Waals surface area (Å²) in [5, 5.41) is 18.2. The van der Waals surface area contributed by atoms with Crippen molar-refractivity contribution in [1.82, 2.24) is 25.0 Å². The standard InChI is InChI=1S/C15H17N7OS/c1-3-12-11(8-22(2)21-12)7-17-13-5-4-10(6-16-13)14(23)19-15-20-18-9-24-15/h4-6,8-9H,3,7H2,1-2H3,(H,16,17)(H,19,20,23). The molecular formula is C15H17N7OS. The van der Waals surface area contributed by atoms with Crippen LogP contribution in [0.25, 0.3) is 0 Å². The highest BCUT2D eigenvalue weighted by atomic mass is 32.1. The van der Waals surface area contributed by atoms with Crippen LogP contribution in [0, 0.1) is 0 Å². The molecule has 2 N–H and O–H groups in total. The number of rotatable bonds is 6. The number of anilines is 2. The highest BCUT2D eigenvalue weighted by molar-refractivity contribution is 7.13. The number of aromatic nitrogens is 5. The van der Waals surface area contributed by atoms with Gasteiger partial charge in [0.15, 0.2) is 0 Å². The average Bonchev–Trinajstić information content (AvgIpc) is 3.22. The molecule has 9 heteroatoms. The van der Waals surface area contributed by atoms with Gasteiger partial charge in [-0.25, -0.2) is 4.98 Å². The van der Waals surface area contributed by atoms with Crippen LogP contribution >= 0.6 is 11.3 Å². The fourth-order valence-electron chi connectivity index (χ4n) is 2.24. The molecule has 0 saturated carbocycles. The van der Waals surface area contributed by atoms with Crippen molar-refractivity contribution in [2.45, 2.75) is 19.9 Å². The van der Waals surface area contributed by atoms with E-state index in [9.17, 15) is 4.79 Å². The molecule has 0 aliphatic heterocycles. The summed E-state index contributed by atoms with van der Waals surface area (Å²) < 4.78 is 1.81. The predicted molar refractivity (Wildman–Crippen MR) is 92.0 cm³/mol. The van der Waals surface area contributed by atoms with E-state index in [1.54, 1.807) is 17.6 Å². The Hall–Kier alpha value is -2.81. The Morgan fingerprint density at radius 2 is 2.25 bits per heavy atom. The number of amides is 1. The van der Waals surface area contributed by atoms with E-state index >= 15 is 0 Å². The monoisotopic (exact) mass is 343 g/mol. The zero-order valence-electron chi connectivity index (χ0n) is 13.4. The lowest BCUT2D eigenvalue weighted by molar-refractivity contribution is 0.102. The molecule has 24 heavy (non-hydrogen) atoms. The van der Waals surface area contributed by atoms with Gasteiger partial charge in [0.1, 0.15) is 11.3 Å². The zero-order chi connectivity index (χ0) is 16.9. The van der Waals surface area contributed by atoms with Crippen LogP contribution in [-0.4, -0.2) is 30.9 Å². The van der Waals surface area contributed by atoms with Crippen LogP contribution in [0.4, 0.5) is 10.9 Å². The fraction of sp³-hybridized carbons (Fsp3) is 0.267. The first-order valence-corrected chi connectivity index (χ1v) is 8.32. The molecule has 0 radical (unpaired) electrons. The molecule has 0 saturated heterocycles. The largest absolute Gasteiger partial charge is 0.366 e. The Bertz CT molecular complexity index is 811. The quantitative estimate of drug-likeness (QED) is 0.711. The number of hydrogen-bond donors (Lipinski definition) is 2. The van der Waals surface area contributed by atoms with Crippen LogP contribution in [0.2, 0.25) is 0 Å². The van der Waals surface area contributed by atoms with Gasteiger partial charge in [-0.15, -0.1) is 10.2 Å². The summed E-state index contributed by atoms with van der Waals surface area (Å²) in [5.74, 6) is 0.444. The maximum Gasteiger partial charge on any atom is 0.259 e. The summed E-state index contributed by atoms with van der Waals surface area (Å²) in [4.78, 5) is 16.3. The maximum absolute atomic E-state index is 12.0. The number of carbonyl (C=O) groups is 1. The van der Waals surface area contributed by atoms with Crippen molar-refractivity contribution in [3.63, 3.8) is 0 Å². The van der Waals surface area contributed by atoms with E-state index in [2.05, 4.69) is 37.8 Å². The summed E-state index contributed by atoms with van der Waals surface area (Å²) in [7, 11) is 1.91. The minimum atomic E-state index is -0.258. The lowest BCUT2D eigenvalue weighted by Gasteiger charge is -2.06. The van der Waals surface area contributed by atoms with Crippen molar-refractivity contribution in [3.05, 3.63) is 46.9 Å². The minimum absolute atomic E-state index is 0.258. The minimum Gasteiger partial charge on any atom is -0.366 e. The second-order valence-electron chi connectivity index (χ2n) is 5.11. The molecule has 0 unspecified atom stereocenters. The number of carbonyl (C=O) groups excluding carboxylic acids is 1. The summed E-state index contributed by atoms with van der Waals surface area (Å²) in [5.41, 5.74) is 4.23. The van der Waals surface area contributed by atoms with Gasteiger partial charge < -0.3 is 5.32 Å². The fourth-order valence-corrected chi connectivity index (χ4v) is 2.68. The van der Waals surface area contributed by atoms with Crippen LogP contribution in [0.15, 0.2) is 30.0 Å². The topological polar surface area (TPSA) is 97.6 Å². The molecule has 0 atom stereocenters. The summed E-state index contributed by atoms with van der Waals surface area (Å²) >= 11 is 1.27. The number of aryl methyl sites for hydroxylation is 2. The molecule has 3 heterocycles. The van der Waals surface area contributed by atoms with E-state index in [0.29, 0.717) is 23.1 Å². The third-order valence-electron chi connectivity index (χ3n) is 3.39. The van der Waals surface area contributed by atoms with Crippen molar-refractivity contribution in [2.75, 3.05) is 10.6 Å². The first-order chi connectivity index (χ1) is 11.7. The van der Waals surface area contributed by atoms with Crippen molar-refractivity contribution < 1.29 is 4.79 Å². The second-order valence-corrected chi connectivity index (χ2v) is 5.95. The van der Waals surface area contributed by atoms with Gasteiger partial charge >= 0.3 is 0 Å². The van der Waals surface area contributed by atoms with Crippen molar-refractivity contribution >= 4 is 28.2 Å². The molecule has 0 fully saturated rings. The van der Waals surface area contributed by atoms with Crippen LogP contribution in [0.5, 0.6) is 0 Å².